The summed E-state index contributed by atoms with van der Waals surface area (Å²) in [4.78, 5) is 12.1. The van der Waals surface area contributed by atoms with Crippen LogP contribution in [-0.4, -0.2) is 5.91 Å². The van der Waals surface area contributed by atoms with E-state index in [0.29, 0.717) is 5.92 Å². The highest BCUT2D eigenvalue weighted by Gasteiger charge is 2.43. The number of hydrogen-bond acceptors (Lipinski definition) is 1. The zero-order valence-corrected chi connectivity index (χ0v) is 11.9. The van der Waals surface area contributed by atoms with Crippen molar-refractivity contribution in [3.8, 4) is 0 Å². The lowest BCUT2D eigenvalue weighted by atomic mass is 10.1. The average molecular weight is 316 g/mol. The SMILES string of the molecule is O=C(Nc1cccc(Br)c1)[C@H]1C[C@@H]1c1ccccc1. The van der Waals surface area contributed by atoms with Crippen molar-refractivity contribution in [1.29, 1.82) is 0 Å². The molecule has 0 aliphatic heterocycles. The van der Waals surface area contributed by atoms with Crippen molar-refractivity contribution in [3.05, 3.63) is 64.6 Å². The summed E-state index contributed by atoms with van der Waals surface area (Å²) in [5.74, 6) is 0.613. The second kappa shape index (κ2) is 5.17. The molecule has 2 aromatic rings. The van der Waals surface area contributed by atoms with Crippen molar-refractivity contribution < 1.29 is 4.79 Å². The third kappa shape index (κ3) is 2.87. The summed E-state index contributed by atoms with van der Waals surface area (Å²) < 4.78 is 0.973. The molecule has 2 atom stereocenters. The highest BCUT2D eigenvalue weighted by Crippen LogP contribution is 2.47. The Kier molecular flexibility index (Phi) is 3.38. The minimum absolute atomic E-state index is 0.112. The van der Waals surface area contributed by atoms with Crippen molar-refractivity contribution >= 4 is 27.5 Å². The lowest BCUT2D eigenvalue weighted by Gasteiger charge is -2.05. The minimum Gasteiger partial charge on any atom is -0.326 e. The third-order valence-electron chi connectivity index (χ3n) is 3.45. The molecule has 0 radical (unpaired) electrons. The molecule has 1 aliphatic rings. The van der Waals surface area contributed by atoms with E-state index in [2.05, 4.69) is 33.4 Å². The summed E-state index contributed by atoms with van der Waals surface area (Å²) in [6.07, 6.45) is 0.948. The summed E-state index contributed by atoms with van der Waals surface area (Å²) in [6, 6.07) is 17.9. The second-order valence-electron chi connectivity index (χ2n) is 4.86. The Balaban J connectivity index is 1.64. The van der Waals surface area contributed by atoms with Crippen LogP contribution in [0, 0.1) is 5.92 Å². The van der Waals surface area contributed by atoms with Gasteiger partial charge in [0.05, 0.1) is 0 Å². The van der Waals surface area contributed by atoms with E-state index in [4.69, 9.17) is 0 Å². The molecule has 2 aromatic carbocycles. The average Bonchev–Trinajstić information content (AvgIpc) is 3.20. The molecule has 1 aliphatic carbocycles. The molecule has 1 N–H and O–H groups in total. The fraction of sp³-hybridized carbons (Fsp3) is 0.188. The van der Waals surface area contributed by atoms with Gasteiger partial charge in [0.2, 0.25) is 5.91 Å². The predicted molar refractivity (Wildman–Crippen MR) is 80.1 cm³/mol. The summed E-state index contributed by atoms with van der Waals surface area (Å²) in [6.45, 7) is 0. The van der Waals surface area contributed by atoms with E-state index in [0.717, 1.165) is 16.6 Å². The molecule has 1 amide bonds. The van der Waals surface area contributed by atoms with E-state index < -0.39 is 0 Å². The second-order valence-corrected chi connectivity index (χ2v) is 5.77. The largest absolute Gasteiger partial charge is 0.326 e. The monoisotopic (exact) mass is 315 g/mol. The maximum absolute atomic E-state index is 12.1. The number of carbonyl (C=O) groups excluding carboxylic acids is 1. The van der Waals surface area contributed by atoms with E-state index in [9.17, 15) is 4.79 Å². The number of amides is 1. The summed E-state index contributed by atoms with van der Waals surface area (Å²) in [5.41, 5.74) is 2.11. The molecule has 0 unspecified atom stereocenters. The molecule has 0 heterocycles. The van der Waals surface area contributed by atoms with Crippen LogP contribution in [0.25, 0.3) is 0 Å². The zero-order valence-electron chi connectivity index (χ0n) is 10.3. The first-order chi connectivity index (χ1) is 9.24. The molecule has 0 saturated heterocycles. The molecule has 3 rings (SSSR count). The van der Waals surface area contributed by atoms with Gasteiger partial charge in [-0.1, -0.05) is 52.3 Å². The van der Waals surface area contributed by atoms with Gasteiger partial charge in [0.25, 0.3) is 0 Å². The molecule has 3 heteroatoms. The first-order valence-corrected chi connectivity index (χ1v) is 7.15. The van der Waals surface area contributed by atoms with Crippen LogP contribution in [0.4, 0.5) is 5.69 Å². The maximum atomic E-state index is 12.1. The number of hydrogen-bond donors (Lipinski definition) is 1. The quantitative estimate of drug-likeness (QED) is 0.904. The molecule has 0 bridgehead atoms. The molecule has 96 valence electrons. The van der Waals surface area contributed by atoms with Crippen molar-refractivity contribution in [2.75, 3.05) is 5.32 Å². The third-order valence-corrected chi connectivity index (χ3v) is 3.94. The number of carbonyl (C=O) groups is 1. The van der Waals surface area contributed by atoms with E-state index in [1.54, 1.807) is 0 Å². The standard InChI is InChI=1S/C16H14BrNO/c17-12-7-4-8-13(9-12)18-16(19)15-10-14(15)11-5-2-1-3-6-11/h1-9,14-15H,10H2,(H,18,19)/t14-,15+/m1/s1. The van der Waals surface area contributed by atoms with E-state index in [1.807, 2.05) is 42.5 Å². The van der Waals surface area contributed by atoms with Crippen molar-refractivity contribution in [1.82, 2.24) is 0 Å². The van der Waals surface area contributed by atoms with Crippen LogP contribution in [0.5, 0.6) is 0 Å². The molecular formula is C16H14BrNO. The summed E-state index contributed by atoms with van der Waals surface area (Å²) >= 11 is 3.40. The Morgan fingerprint density at radius 3 is 2.63 bits per heavy atom. The fourth-order valence-electron chi connectivity index (χ4n) is 2.35. The number of anilines is 1. The Morgan fingerprint density at radius 1 is 1.11 bits per heavy atom. The van der Waals surface area contributed by atoms with Crippen LogP contribution in [0.15, 0.2) is 59.1 Å². The van der Waals surface area contributed by atoms with Gasteiger partial charge in [0.1, 0.15) is 0 Å². The Hall–Kier alpha value is -1.61. The van der Waals surface area contributed by atoms with Gasteiger partial charge >= 0.3 is 0 Å². The zero-order chi connectivity index (χ0) is 13.2. The molecule has 19 heavy (non-hydrogen) atoms. The molecule has 0 spiro atoms. The molecule has 0 aromatic heterocycles. The van der Waals surface area contributed by atoms with Gasteiger partial charge in [0, 0.05) is 16.1 Å². The van der Waals surface area contributed by atoms with Gasteiger partial charge in [-0.3, -0.25) is 4.79 Å². The summed E-state index contributed by atoms with van der Waals surface area (Å²) in [7, 11) is 0. The van der Waals surface area contributed by atoms with Crippen LogP contribution in [0.1, 0.15) is 17.9 Å². The van der Waals surface area contributed by atoms with Crippen LogP contribution in [-0.2, 0) is 4.79 Å². The summed E-state index contributed by atoms with van der Waals surface area (Å²) in [5, 5.41) is 2.98. The van der Waals surface area contributed by atoms with Crippen molar-refractivity contribution in [3.63, 3.8) is 0 Å². The van der Waals surface area contributed by atoms with Gasteiger partial charge in [-0.05, 0) is 36.1 Å². The minimum atomic E-state index is 0.112. The highest BCUT2D eigenvalue weighted by molar-refractivity contribution is 9.10. The number of benzene rings is 2. The Labute approximate surface area is 121 Å². The molecule has 2 nitrogen and oxygen atoms in total. The fourth-order valence-corrected chi connectivity index (χ4v) is 2.75. The van der Waals surface area contributed by atoms with E-state index in [1.165, 1.54) is 5.56 Å². The molecule has 1 saturated carbocycles. The van der Waals surface area contributed by atoms with Gasteiger partial charge in [0.15, 0.2) is 0 Å². The number of nitrogens with one attached hydrogen (secondary N) is 1. The van der Waals surface area contributed by atoms with Gasteiger partial charge in [-0.25, -0.2) is 0 Å². The molecule has 1 fully saturated rings. The number of halogens is 1. The van der Waals surface area contributed by atoms with Gasteiger partial charge < -0.3 is 5.32 Å². The van der Waals surface area contributed by atoms with Crippen molar-refractivity contribution in [2.45, 2.75) is 12.3 Å². The van der Waals surface area contributed by atoms with Gasteiger partial charge in [-0.15, -0.1) is 0 Å². The Morgan fingerprint density at radius 2 is 1.89 bits per heavy atom. The highest BCUT2D eigenvalue weighted by atomic mass is 79.9. The maximum Gasteiger partial charge on any atom is 0.228 e. The normalized spacial score (nSPS) is 20.9. The lowest BCUT2D eigenvalue weighted by Crippen LogP contribution is -2.14. The van der Waals surface area contributed by atoms with Crippen LogP contribution < -0.4 is 5.32 Å². The Bertz CT molecular complexity index is 597. The van der Waals surface area contributed by atoms with Crippen molar-refractivity contribution in [2.24, 2.45) is 5.92 Å². The van der Waals surface area contributed by atoms with Gasteiger partial charge in [-0.2, -0.15) is 0 Å². The smallest absolute Gasteiger partial charge is 0.228 e. The van der Waals surface area contributed by atoms with Crippen LogP contribution >= 0.6 is 15.9 Å². The predicted octanol–water partition coefficient (Wildman–Crippen LogP) is 4.19. The van der Waals surface area contributed by atoms with Crippen LogP contribution in [0.3, 0.4) is 0 Å². The molecular weight excluding hydrogens is 302 g/mol. The van der Waals surface area contributed by atoms with Crippen LogP contribution in [0.2, 0.25) is 0 Å². The lowest BCUT2D eigenvalue weighted by molar-refractivity contribution is -0.117. The first-order valence-electron chi connectivity index (χ1n) is 6.35. The van der Waals surface area contributed by atoms with E-state index in [-0.39, 0.29) is 11.8 Å². The topological polar surface area (TPSA) is 29.1 Å². The van der Waals surface area contributed by atoms with E-state index >= 15 is 0 Å². The first kappa shape index (κ1) is 12.4. The number of rotatable bonds is 3.